The van der Waals surface area contributed by atoms with Gasteiger partial charge in [0.2, 0.25) is 0 Å². The van der Waals surface area contributed by atoms with Gasteiger partial charge in [-0.15, -0.1) is 0 Å². The molecule has 3 atom stereocenters. The van der Waals surface area contributed by atoms with E-state index in [2.05, 4.69) is 15.4 Å². The second-order valence-electron chi connectivity index (χ2n) is 10.5. The van der Waals surface area contributed by atoms with Crippen molar-refractivity contribution < 1.29 is 13.7 Å². The molecule has 0 aromatic heterocycles. The van der Waals surface area contributed by atoms with Crippen LogP contribution in [0.25, 0.3) is 0 Å². The Balaban J connectivity index is 2.05. The van der Waals surface area contributed by atoms with Gasteiger partial charge >= 0.3 is 6.09 Å². The molecule has 0 aliphatic heterocycles. The van der Waals surface area contributed by atoms with Gasteiger partial charge in [-0.3, -0.25) is 14.3 Å². The molecule has 3 N–H and O–H groups in total. The molecule has 3 aromatic rings. The van der Waals surface area contributed by atoms with Crippen LogP contribution < -0.4 is 26.2 Å². The molecule has 0 unspecified atom stereocenters. The standard InChI is InChI=1S/C27H33N3O5S/c1-26(2,3)35-25(33)29-20(18-15-11-8-12-16-18)19(17-13-9-7-10-14-17)28-21-22(24(32)23(21)31)30-36(34)27(4,5)6/h7-16,19-20,28,30H,1-6H3,(H,29,33)/t19-,20-,36+/m0/s1. The van der Waals surface area contributed by atoms with E-state index in [-0.39, 0.29) is 11.4 Å². The molecule has 0 heterocycles. The lowest BCUT2D eigenvalue weighted by atomic mass is 9.92. The predicted octanol–water partition coefficient (Wildman–Crippen LogP) is 4.58. The Morgan fingerprint density at radius 2 is 1.25 bits per heavy atom. The van der Waals surface area contributed by atoms with Gasteiger partial charge in [0.05, 0.1) is 16.8 Å². The Hall–Kier alpha value is -3.46. The number of carbonyl (C=O) groups is 1. The minimum absolute atomic E-state index is 0.0263. The first-order valence-corrected chi connectivity index (χ1v) is 12.8. The molecule has 3 rings (SSSR count). The van der Waals surface area contributed by atoms with E-state index >= 15 is 0 Å². The quantitative estimate of drug-likeness (QED) is 0.382. The molecular weight excluding hydrogens is 478 g/mol. The first-order chi connectivity index (χ1) is 16.8. The topological polar surface area (TPSA) is 114 Å². The van der Waals surface area contributed by atoms with Crippen molar-refractivity contribution in [3.63, 3.8) is 0 Å². The van der Waals surface area contributed by atoms with E-state index in [1.54, 1.807) is 41.5 Å². The Kier molecular flexibility index (Phi) is 8.03. The monoisotopic (exact) mass is 511 g/mol. The van der Waals surface area contributed by atoms with Gasteiger partial charge in [0.1, 0.15) is 28.0 Å². The lowest BCUT2D eigenvalue weighted by Gasteiger charge is -2.32. The first kappa shape index (κ1) is 27.1. The molecule has 0 saturated carbocycles. The van der Waals surface area contributed by atoms with Crippen molar-refractivity contribution in [3.8, 4) is 0 Å². The van der Waals surface area contributed by atoms with Gasteiger partial charge in [0.25, 0.3) is 10.9 Å². The molecule has 0 spiro atoms. The average Bonchev–Trinajstić information content (AvgIpc) is 2.81. The first-order valence-electron chi connectivity index (χ1n) is 11.7. The lowest BCUT2D eigenvalue weighted by molar-refractivity contribution is 0.0497. The summed E-state index contributed by atoms with van der Waals surface area (Å²) >= 11 is 0. The van der Waals surface area contributed by atoms with Crippen molar-refractivity contribution in [3.05, 3.63) is 92.2 Å². The number of hydrogen-bond donors (Lipinski definition) is 3. The maximum absolute atomic E-state index is 12.8. The Bertz CT molecular complexity index is 1290. The summed E-state index contributed by atoms with van der Waals surface area (Å²) in [5, 5.41) is 6.09. The van der Waals surface area contributed by atoms with E-state index in [0.29, 0.717) is 0 Å². The zero-order chi connectivity index (χ0) is 26.7. The molecule has 1 amide bonds. The minimum atomic E-state index is -1.61. The van der Waals surface area contributed by atoms with Gasteiger partial charge in [0, 0.05) is 0 Å². The van der Waals surface area contributed by atoms with Crippen molar-refractivity contribution in [1.82, 2.24) is 5.32 Å². The largest absolute Gasteiger partial charge is 0.444 e. The third-order valence-electron chi connectivity index (χ3n) is 5.28. The van der Waals surface area contributed by atoms with Crippen LogP contribution in [0.5, 0.6) is 0 Å². The van der Waals surface area contributed by atoms with Gasteiger partial charge in [-0.25, -0.2) is 9.00 Å². The fourth-order valence-electron chi connectivity index (χ4n) is 3.50. The number of amides is 1. The molecule has 0 aliphatic rings. The van der Waals surface area contributed by atoms with Crippen LogP contribution >= 0.6 is 0 Å². The van der Waals surface area contributed by atoms with Crippen LogP contribution in [0.2, 0.25) is 0 Å². The van der Waals surface area contributed by atoms with Crippen molar-refractivity contribution in [2.24, 2.45) is 0 Å². The summed E-state index contributed by atoms with van der Waals surface area (Å²) in [6, 6.07) is 17.2. The van der Waals surface area contributed by atoms with Crippen LogP contribution in [0, 0.1) is 0 Å². The molecule has 0 saturated heterocycles. The lowest BCUT2D eigenvalue weighted by Crippen LogP contribution is -2.43. The van der Waals surface area contributed by atoms with Crippen LogP contribution in [0.3, 0.4) is 0 Å². The van der Waals surface area contributed by atoms with E-state index in [1.165, 1.54) is 0 Å². The number of rotatable bonds is 8. The number of ether oxygens (including phenoxy) is 1. The molecule has 0 radical (unpaired) electrons. The third kappa shape index (κ3) is 6.60. The Labute approximate surface area is 213 Å². The molecule has 36 heavy (non-hydrogen) atoms. The van der Waals surface area contributed by atoms with Crippen LogP contribution in [-0.4, -0.2) is 20.7 Å². The number of anilines is 2. The second kappa shape index (κ2) is 10.7. The third-order valence-corrected chi connectivity index (χ3v) is 6.79. The summed E-state index contributed by atoms with van der Waals surface area (Å²) in [7, 11) is -1.61. The van der Waals surface area contributed by atoms with Crippen LogP contribution in [0.15, 0.2) is 70.3 Å². The van der Waals surface area contributed by atoms with Gasteiger partial charge in [-0.2, -0.15) is 0 Å². The summed E-state index contributed by atoms with van der Waals surface area (Å²) < 4.78 is 20.2. The zero-order valence-corrected chi connectivity index (χ0v) is 22.2. The Morgan fingerprint density at radius 1 is 0.778 bits per heavy atom. The molecule has 0 fully saturated rings. The molecule has 8 nitrogen and oxygen atoms in total. The maximum atomic E-state index is 12.8. The fourth-order valence-corrected chi connectivity index (χ4v) is 4.19. The molecule has 0 bridgehead atoms. The number of alkyl carbamates (subject to hydrolysis) is 1. The van der Waals surface area contributed by atoms with E-state index < -0.39 is 50.4 Å². The summed E-state index contributed by atoms with van der Waals surface area (Å²) in [6.45, 7) is 10.6. The van der Waals surface area contributed by atoms with Crippen molar-refractivity contribution in [2.45, 2.75) is 64.0 Å². The Morgan fingerprint density at radius 3 is 1.72 bits per heavy atom. The predicted molar refractivity (Wildman–Crippen MR) is 144 cm³/mol. The normalized spacial score (nSPS) is 14.5. The molecule has 0 aliphatic carbocycles. The minimum Gasteiger partial charge on any atom is -0.444 e. The summed E-state index contributed by atoms with van der Waals surface area (Å²) in [4.78, 5) is 37.8. The molecule has 9 heteroatoms. The number of benzene rings is 2. The van der Waals surface area contributed by atoms with Crippen molar-refractivity contribution in [2.75, 3.05) is 10.0 Å². The van der Waals surface area contributed by atoms with Crippen LogP contribution in [0.1, 0.15) is 64.8 Å². The van der Waals surface area contributed by atoms with E-state index in [9.17, 15) is 18.6 Å². The van der Waals surface area contributed by atoms with Crippen LogP contribution in [-0.2, 0) is 15.7 Å². The summed E-state index contributed by atoms with van der Waals surface area (Å²) in [5.41, 5.74) is -0.647. The van der Waals surface area contributed by atoms with Gasteiger partial charge in [-0.05, 0) is 52.7 Å². The van der Waals surface area contributed by atoms with Crippen molar-refractivity contribution >= 4 is 28.5 Å². The molecule has 192 valence electrons. The number of nitrogens with one attached hydrogen (secondary N) is 3. The highest BCUT2D eigenvalue weighted by Gasteiger charge is 2.33. The zero-order valence-electron chi connectivity index (χ0n) is 21.4. The van der Waals surface area contributed by atoms with E-state index in [1.807, 2.05) is 60.7 Å². The highest BCUT2D eigenvalue weighted by atomic mass is 32.2. The SMILES string of the molecule is CC(C)(C)OC(=O)N[C@@H](c1ccccc1)[C@@H](Nc1c(N[S@](=O)C(C)(C)C)c(=O)c1=O)c1ccccc1. The highest BCUT2D eigenvalue weighted by molar-refractivity contribution is 7.87. The summed E-state index contributed by atoms with van der Waals surface area (Å²) in [6.07, 6.45) is -0.628. The highest BCUT2D eigenvalue weighted by Crippen LogP contribution is 2.34. The van der Waals surface area contributed by atoms with E-state index in [0.717, 1.165) is 11.1 Å². The van der Waals surface area contributed by atoms with Crippen LogP contribution in [0.4, 0.5) is 16.2 Å². The van der Waals surface area contributed by atoms with Gasteiger partial charge in [-0.1, -0.05) is 60.7 Å². The maximum Gasteiger partial charge on any atom is 0.408 e. The van der Waals surface area contributed by atoms with Gasteiger partial charge in [0.15, 0.2) is 0 Å². The van der Waals surface area contributed by atoms with E-state index in [4.69, 9.17) is 4.74 Å². The smallest absolute Gasteiger partial charge is 0.408 e. The van der Waals surface area contributed by atoms with Crippen molar-refractivity contribution in [1.29, 1.82) is 0 Å². The second-order valence-corrected chi connectivity index (χ2v) is 12.4. The average molecular weight is 512 g/mol. The fraction of sp³-hybridized carbons (Fsp3) is 0.370. The number of carbonyl (C=O) groups excluding carboxylic acids is 1. The van der Waals surface area contributed by atoms with Gasteiger partial charge < -0.3 is 15.4 Å². The molecule has 3 aromatic carbocycles. The summed E-state index contributed by atoms with van der Waals surface area (Å²) in [5.74, 6) is 0. The molecular formula is C27H33N3O5S. The number of hydrogen-bond acceptors (Lipinski definition) is 6.